The van der Waals surface area contributed by atoms with Crippen LogP contribution in [0.15, 0.2) is 71.9 Å². The average Bonchev–Trinajstić information content (AvgIpc) is 3.37. The first-order chi connectivity index (χ1) is 13.8. The highest BCUT2D eigenvalue weighted by molar-refractivity contribution is 7.98. The maximum atomic E-state index is 5.44. The van der Waals surface area contributed by atoms with Crippen molar-refractivity contribution in [3.8, 4) is 11.5 Å². The zero-order valence-electron chi connectivity index (χ0n) is 15.0. The van der Waals surface area contributed by atoms with Gasteiger partial charge in [0.15, 0.2) is 17.1 Å². The molecule has 5 nitrogen and oxygen atoms in total. The smallest absolute Gasteiger partial charge is 0.231 e. The van der Waals surface area contributed by atoms with Crippen molar-refractivity contribution in [2.45, 2.75) is 10.8 Å². The highest BCUT2D eigenvalue weighted by Gasteiger charge is 2.13. The van der Waals surface area contributed by atoms with Gasteiger partial charge < -0.3 is 9.47 Å². The Bertz CT molecular complexity index is 1160. The van der Waals surface area contributed by atoms with Crippen LogP contribution in [0.4, 0.5) is 0 Å². The summed E-state index contributed by atoms with van der Waals surface area (Å²) in [5, 5.41) is 5.61. The highest BCUT2D eigenvalue weighted by Crippen LogP contribution is 2.34. The monoisotopic (exact) mass is 387 g/mol. The van der Waals surface area contributed by atoms with Gasteiger partial charge in [-0.3, -0.25) is 0 Å². The zero-order chi connectivity index (χ0) is 18.8. The van der Waals surface area contributed by atoms with E-state index in [1.807, 2.05) is 59.3 Å². The van der Waals surface area contributed by atoms with Crippen LogP contribution < -0.4 is 9.47 Å². The minimum Gasteiger partial charge on any atom is -0.454 e. The quantitative estimate of drug-likeness (QED) is 0.455. The molecule has 0 amide bonds. The van der Waals surface area contributed by atoms with Crippen molar-refractivity contribution in [1.29, 1.82) is 0 Å². The number of rotatable bonds is 5. The Balaban J connectivity index is 1.30. The molecule has 0 bridgehead atoms. The summed E-state index contributed by atoms with van der Waals surface area (Å²) in [4.78, 5) is 4.60. The molecule has 3 heterocycles. The molecule has 6 heteroatoms. The Morgan fingerprint density at radius 2 is 1.86 bits per heavy atom. The number of hydrogen-bond donors (Lipinski definition) is 0. The average molecular weight is 387 g/mol. The standard InChI is InChI=1S/C22H17N3O2S/c1-2-4-16(5-3-1)6-8-18-13-25-21(23-18)10-11-22(24-25)28-14-17-7-9-19-20(12-17)27-15-26-19/h1-13H,14-15H2/b8-6+. The third kappa shape index (κ3) is 3.59. The minimum absolute atomic E-state index is 0.297. The van der Waals surface area contributed by atoms with Gasteiger partial charge in [0, 0.05) is 5.75 Å². The number of nitrogens with zero attached hydrogens (tertiary/aromatic N) is 3. The van der Waals surface area contributed by atoms with Crippen molar-refractivity contribution in [2.24, 2.45) is 0 Å². The summed E-state index contributed by atoms with van der Waals surface area (Å²) in [5.41, 5.74) is 4.04. The molecule has 1 aliphatic rings. The number of imidazole rings is 1. The number of aromatic nitrogens is 3. The van der Waals surface area contributed by atoms with E-state index in [-0.39, 0.29) is 0 Å². The lowest BCUT2D eigenvalue weighted by Crippen LogP contribution is -1.93. The van der Waals surface area contributed by atoms with E-state index in [2.05, 4.69) is 34.4 Å². The van der Waals surface area contributed by atoms with Crippen LogP contribution in [0.2, 0.25) is 0 Å². The summed E-state index contributed by atoms with van der Waals surface area (Å²) in [6.45, 7) is 0.297. The molecule has 0 fully saturated rings. The van der Waals surface area contributed by atoms with E-state index in [0.29, 0.717) is 6.79 Å². The predicted molar refractivity (Wildman–Crippen MR) is 110 cm³/mol. The maximum absolute atomic E-state index is 5.44. The Labute approximate surface area is 166 Å². The fourth-order valence-electron chi connectivity index (χ4n) is 2.97. The van der Waals surface area contributed by atoms with Gasteiger partial charge in [-0.15, -0.1) is 0 Å². The Kier molecular flexibility index (Phi) is 4.47. The van der Waals surface area contributed by atoms with Gasteiger partial charge in [-0.2, -0.15) is 5.10 Å². The number of hydrogen-bond acceptors (Lipinski definition) is 5. The number of ether oxygens (including phenoxy) is 2. The fraction of sp³-hybridized carbons (Fsp3) is 0.0909. The van der Waals surface area contributed by atoms with Gasteiger partial charge in [-0.05, 0) is 41.5 Å². The summed E-state index contributed by atoms with van der Waals surface area (Å²) in [5.74, 6) is 2.43. The molecule has 0 saturated heterocycles. The first-order valence-corrected chi connectivity index (χ1v) is 9.93. The number of thioether (sulfide) groups is 1. The van der Waals surface area contributed by atoms with Gasteiger partial charge >= 0.3 is 0 Å². The van der Waals surface area contributed by atoms with Crippen LogP contribution in [-0.4, -0.2) is 21.4 Å². The van der Waals surface area contributed by atoms with Crippen LogP contribution in [0.1, 0.15) is 16.8 Å². The summed E-state index contributed by atoms with van der Waals surface area (Å²) in [7, 11) is 0. The molecule has 5 rings (SSSR count). The molecule has 0 radical (unpaired) electrons. The summed E-state index contributed by atoms with van der Waals surface area (Å²) in [6, 6.07) is 20.2. The van der Waals surface area contributed by atoms with Gasteiger partial charge in [0.1, 0.15) is 5.03 Å². The van der Waals surface area contributed by atoms with Crippen LogP contribution in [0, 0.1) is 0 Å². The first kappa shape index (κ1) is 16.9. The molecule has 0 N–H and O–H groups in total. The van der Waals surface area contributed by atoms with E-state index >= 15 is 0 Å². The Morgan fingerprint density at radius 3 is 2.79 bits per heavy atom. The molecule has 2 aromatic heterocycles. The highest BCUT2D eigenvalue weighted by atomic mass is 32.2. The zero-order valence-corrected chi connectivity index (χ0v) is 15.8. The molecular weight excluding hydrogens is 370 g/mol. The van der Waals surface area contributed by atoms with Crippen LogP contribution >= 0.6 is 11.8 Å². The van der Waals surface area contributed by atoms with Crippen LogP contribution in [-0.2, 0) is 5.75 Å². The van der Waals surface area contributed by atoms with Crippen molar-refractivity contribution < 1.29 is 9.47 Å². The molecule has 2 aromatic carbocycles. The second-order valence-corrected chi connectivity index (χ2v) is 7.36. The van der Waals surface area contributed by atoms with E-state index < -0.39 is 0 Å². The number of fused-ring (bicyclic) bond motifs is 2. The third-order valence-electron chi connectivity index (χ3n) is 4.38. The lowest BCUT2D eigenvalue weighted by molar-refractivity contribution is 0.174. The van der Waals surface area contributed by atoms with Crippen molar-refractivity contribution >= 4 is 29.6 Å². The SMILES string of the molecule is C(=C\c1cn2nc(SCc3ccc4c(c3)OCO4)ccc2n1)/c1ccccc1. The van der Waals surface area contributed by atoms with E-state index in [1.54, 1.807) is 11.8 Å². The fourth-order valence-corrected chi connectivity index (χ4v) is 3.78. The lowest BCUT2D eigenvalue weighted by atomic mass is 10.2. The lowest BCUT2D eigenvalue weighted by Gasteiger charge is -2.03. The van der Waals surface area contributed by atoms with Gasteiger partial charge in [0.2, 0.25) is 6.79 Å². The van der Waals surface area contributed by atoms with Gasteiger partial charge in [0.05, 0.1) is 11.9 Å². The molecule has 0 spiro atoms. The normalized spacial score (nSPS) is 12.9. The topological polar surface area (TPSA) is 48.7 Å². The molecule has 138 valence electrons. The predicted octanol–water partition coefficient (Wildman–Crippen LogP) is 4.92. The largest absolute Gasteiger partial charge is 0.454 e. The first-order valence-electron chi connectivity index (χ1n) is 8.94. The van der Waals surface area contributed by atoms with Crippen LogP contribution in [0.3, 0.4) is 0 Å². The second-order valence-electron chi connectivity index (χ2n) is 6.36. The van der Waals surface area contributed by atoms with E-state index in [4.69, 9.17) is 9.47 Å². The minimum atomic E-state index is 0.297. The molecule has 0 unspecified atom stereocenters. The molecule has 0 aliphatic carbocycles. The van der Waals surface area contributed by atoms with Gasteiger partial charge in [0.25, 0.3) is 0 Å². The van der Waals surface area contributed by atoms with Gasteiger partial charge in [-0.1, -0.05) is 54.2 Å². The third-order valence-corrected chi connectivity index (χ3v) is 5.38. The maximum Gasteiger partial charge on any atom is 0.231 e. The van der Waals surface area contributed by atoms with Crippen molar-refractivity contribution in [3.05, 3.63) is 83.7 Å². The molecule has 1 aliphatic heterocycles. The van der Waals surface area contributed by atoms with Crippen molar-refractivity contribution in [1.82, 2.24) is 14.6 Å². The Hall–Kier alpha value is -3.25. The molecule has 28 heavy (non-hydrogen) atoms. The molecule has 4 aromatic rings. The van der Waals surface area contributed by atoms with E-state index in [0.717, 1.165) is 39.2 Å². The Morgan fingerprint density at radius 1 is 0.964 bits per heavy atom. The van der Waals surface area contributed by atoms with Gasteiger partial charge in [-0.25, -0.2) is 9.50 Å². The second kappa shape index (κ2) is 7.40. The summed E-state index contributed by atoms with van der Waals surface area (Å²) >= 11 is 1.68. The van der Waals surface area contributed by atoms with Crippen LogP contribution in [0.5, 0.6) is 11.5 Å². The number of benzene rings is 2. The molecule has 0 saturated carbocycles. The summed E-state index contributed by atoms with van der Waals surface area (Å²) < 4.78 is 12.6. The molecule has 0 atom stereocenters. The van der Waals surface area contributed by atoms with Crippen molar-refractivity contribution in [3.63, 3.8) is 0 Å². The molecular formula is C22H17N3O2S. The summed E-state index contributed by atoms with van der Waals surface area (Å²) in [6.07, 6.45) is 6.00. The van der Waals surface area contributed by atoms with Crippen LogP contribution in [0.25, 0.3) is 17.8 Å². The van der Waals surface area contributed by atoms with E-state index in [1.165, 1.54) is 5.56 Å². The van der Waals surface area contributed by atoms with Crippen molar-refractivity contribution in [2.75, 3.05) is 6.79 Å². The van der Waals surface area contributed by atoms with E-state index in [9.17, 15) is 0 Å².